The number of aryl methyl sites for hydroxylation is 2. The number of hydrogen-bond acceptors (Lipinski definition) is 6. The highest BCUT2D eigenvalue weighted by atomic mass is 16.5. The van der Waals surface area contributed by atoms with E-state index in [1.807, 2.05) is 0 Å². The van der Waals surface area contributed by atoms with E-state index >= 15 is 0 Å². The number of nitrogens with one attached hydrogen (secondary N) is 1. The van der Waals surface area contributed by atoms with Gasteiger partial charge in [0.2, 0.25) is 11.7 Å². The van der Waals surface area contributed by atoms with Crippen LogP contribution in [0.1, 0.15) is 59.2 Å². The molecule has 1 N–H and O–H groups in total. The number of carbonyl (C=O) groups is 1. The van der Waals surface area contributed by atoms with Crippen LogP contribution in [0.2, 0.25) is 0 Å². The number of aromatic nitrogens is 4. The minimum atomic E-state index is -0.319. The summed E-state index contributed by atoms with van der Waals surface area (Å²) in [6.45, 7) is 0.562. The summed E-state index contributed by atoms with van der Waals surface area (Å²) in [6, 6.07) is 5.07. The van der Waals surface area contributed by atoms with Gasteiger partial charge in [0, 0.05) is 30.2 Å². The Morgan fingerprint density at radius 3 is 2.86 bits per heavy atom. The van der Waals surface area contributed by atoms with Gasteiger partial charge >= 0.3 is 0 Å². The number of nitrogens with zero attached hydrogens (tertiary/aromatic N) is 4. The van der Waals surface area contributed by atoms with Crippen molar-refractivity contribution in [1.29, 1.82) is 0 Å². The molecule has 148 valence electrons. The third-order valence-corrected chi connectivity index (χ3v) is 5.75. The molecule has 3 aromatic rings. The molecule has 1 amide bonds. The average molecular weight is 391 g/mol. The van der Waals surface area contributed by atoms with Crippen molar-refractivity contribution in [3.8, 4) is 11.4 Å². The molecule has 3 aromatic heterocycles. The van der Waals surface area contributed by atoms with Gasteiger partial charge < -0.3 is 14.4 Å². The largest absolute Gasteiger partial charge is 0.337 e. The van der Waals surface area contributed by atoms with Crippen LogP contribution in [0.15, 0.2) is 39.9 Å². The van der Waals surface area contributed by atoms with Gasteiger partial charge in [-0.3, -0.25) is 14.6 Å². The molecule has 4 heterocycles. The molecule has 1 aliphatic heterocycles. The molecule has 29 heavy (non-hydrogen) atoms. The van der Waals surface area contributed by atoms with Crippen molar-refractivity contribution in [2.45, 2.75) is 44.6 Å². The highest BCUT2D eigenvalue weighted by molar-refractivity contribution is 5.94. The Labute approximate surface area is 167 Å². The van der Waals surface area contributed by atoms with Gasteiger partial charge in [-0.05, 0) is 62.3 Å². The summed E-state index contributed by atoms with van der Waals surface area (Å²) in [4.78, 5) is 38.9. The number of aromatic amines is 1. The normalized spacial score (nSPS) is 18.6. The summed E-state index contributed by atoms with van der Waals surface area (Å²) in [5.41, 5.74) is 2.73. The summed E-state index contributed by atoms with van der Waals surface area (Å²) < 4.78 is 5.48. The van der Waals surface area contributed by atoms with E-state index in [2.05, 4.69) is 20.1 Å². The first-order valence-corrected chi connectivity index (χ1v) is 10.0. The van der Waals surface area contributed by atoms with Gasteiger partial charge in [-0.2, -0.15) is 4.98 Å². The number of pyridine rings is 2. The Hall–Kier alpha value is -3.29. The van der Waals surface area contributed by atoms with Gasteiger partial charge in [-0.1, -0.05) is 5.16 Å². The fourth-order valence-electron chi connectivity index (χ4n) is 4.24. The minimum Gasteiger partial charge on any atom is -0.337 e. The van der Waals surface area contributed by atoms with Crippen LogP contribution < -0.4 is 5.56 Å². The summed E-state index contributed by atoms with van der Waals surface area (Å²) >= 11 is 0. The molecular formula is C21H21N5O3. The van der Waals surface area contributed by atoms with Crippen molar-refractivity contribution in [2.75, 3.05) is 6.54 Å². The Morgan fingerprint density at radius 2 is 2.00 bits per heavy atom. The zero-order valence-corrected chi connectivity index (χ0v) is 15.9. The fourth-order valence-corrected chi connectivity index (χ4v) is 4.24. The summed E-state index contributed by atoms with van der Waals surface area (Å²) in [5.74, 6) is 0.594. The van der Waals surface area contributed by atoms with Crippen molar-refractivity contribution in [3.63, 3.8) is 0 Å². The molecule has 1 fully saturated rings. The van der Waals surface area contributed by atoms with E-state index in [0.717, 1.165) is 55.3 Å². The van der Waals surface area contributed by atoms with Gasteiger partial charge in [0.1, 0.15) is 11.6 Å². The van der Waals surface area contributed by atoms with E-state index in [1.165, 1.54) is 0 Å². The zero-order chi connectivity index (χ0) is 19.8. The molecule has 8 nitrogen and oxygen atoms in total. The first kappa shape index (κ1) is 17.8. The molecule has 0 spiro atoms. The van der Waals surface area contributed by atoms with Gasteiger partial charge in [0.05, 0.1) is 0 Å². The van der Waals surface area contributed by atoms with Crippen LogP contribution >= 0.6 is 0 Å². The molecule has 0 unspecified atom stereocenters. The van der Waals surface area contributed by atoms with Crippen LogP contribution in [0.4, 0.5) is 0 Å². The van der Waals surface area contributed by atoms with Crippen LogP contribution in [-0.2, 0) is 12.8 Å². The quantitative estimate of drug-likeness (QED) is 0.736. The second-order valence-electron chi connectivity index (χ2n) is 7.57. The lowest BCUT2D eigenvalue weighted by molar-refractivity contribution is 0.0708. The Kier molecular flexibility index (Phi) is 4.46. The topological polar surface area (TPSA) is 105 Å². The van der Waals surface area contributed by atoms with Crippen molar-refractivity contribution in [3.05, 3.63) is 63.7 Å². The van der Waals surface area contributed by atoms with Crippen LogP contribution in [0.3, 0.4) is 0 Å². The van der Waals surface area contributed by atoms with Crippen molar-refractivity contribution >= 4 is 5.91 Å². The second-order valence-corrected chi connectivity index (χ2v) is 7.57. The molecule has 0 bridgehead atoms. The highest BCUT2D eigenvalue weighted by Gasteiger charge is 2.36. The first-order chi connectivity index (χ1) is 14.2. The predicted octanol–water partition coefficient (Wildman–Crippen LogP) is 2.68. The second kappa shape index (κ2) is 7.27. The van der Waals surface area contributed by atoms with Crippen molar-refractivity contribution in [1.82, 2.24) is 25.0 Å². The van der Waals surface area contributed by atoms with Crippen LogP contribution in [0, 0.1) is 0 Å². The highest BCUT2D eigenvalue weighted by Crippen LogP contribution is 2.33. The van der Waals surface area contributed by atoms with E-state index in [0.29, 0.717) is 18.3 Å². The Balaban J connectivity index is 1.44. The lowest BCUT2D eigenvalue weighted by Gasteiger charge is -2.23. The van der Waals surface area contributed by atoms with Crippen LogP contribution in [0.25, 0.3) is 11.4 Å². The number of likely N-dealkylation sites (tertiary alicyclic amines) is 1. The maximum atomic E-state index is 13.2. The number of carbonyl (C=O) groups excluding carboxylic acids is 1. The average Bonchev–Trinajstić information content (AvgIpc) is 3.43. The zero-order valence-electron chi connectivity index (χ0n) is 15.9. The molecule has 2 aliphatic rings. The number of fused-ring (bicyclic) bond motifs is 1. The molecule has 5 rings (SSSR count). The number of amides is 1. The van der Waals surface area contributed by atoms with Crippen LogP contribution in [-0.4, -0.2) is 37.5 Å². The summed E-state index contributed by atoms with van der Waals surface area (Å²) in [5, 5.41) is 4.05. The number of H-pyrrole nitrogens is 1. The van der Waals surface area contributed by atoms with Gasteiger partial charge in [0.15, 0.2) is 0 Å². The maximum Gasteiger partial charge on any atom is 0.261 e. The predicted molar refractivity (Wildman–Crippen MR) is 104 cm³/mol. The molecule has 1 aliphatic carbocycles. The van der Waals surface area contributed by atoms with E-state index in [4.69, 9.17) is 4.52 Å². The van der Waals surface area contributed by atoms with E-state index < -0.39 is 0 Å². The maximum absolute atomic E-state index is 13.2. The fraction of sp³-hybridized carbons (Fsp3) is 0.381. The molecule has 0 aromatic carbocycles. The van der Waals surface area contributed by atoms with Gasteiger partial charge in [-0.25, -0.2) is 0 Å². The first-order valence-electron chi connectivity index (χ1n) is 10.0. The SMILES string of the molecule is O=C(c1cc2c([nH]c1=O)CCCC2)N1CCC[C@H]1c1nc(-c2ccncc2)no1. The molecule has 1 saturated heterocycles. The van der Waals surface area contributed by atoms with E-state index in [-0.39, 0.29) is 23.1 Å². The van der Waals surface area contributed by atoms with Crippen molar-refractivity contribution < 1.29 is 9.32 Å². The molecule has 1 atom stereocenters. The van der Waals surface area contributed by atoms with Gasteiger partial charge in [0.25, 0.3) is 11.5 Å². The molecule has 0 saturated carbocycles. The summed E-state index contributed by atoms with van der Waals surface area (Å²) in [7, 11) is 0. The standard InChI is InChI=1S/C21H21N5O3/c27-19-15(12-14-4-1-2-5-16(14)23-19)21(28)26-11-3-6-17(26)20-24-18(25-29-20)13-7-9-22-10-8-13/h7-10,12,17H,1-6,11H2,(H,23,27)/t17-/m0/s1. The van der Waals surface area contributed by atoms with Crippen LogP contribution in [0.5, 0.6) is 0 Å². The molecule has 0 radical (unpaired) electrons. The lowest BCUT2D eigenvalue weighted by atomic mass is 9.95. The third-order valence-electron chi connectivity index (χ3n) is 5.75. The Morgan fingerprint density at radius 1 is 1.17 bits per heavy atom. The molecular weight excluding hydrogens is 370 g/mol. The number of hydrogen-bond donors (Lipinski definition) is 1. The van der Waals surface area contributed by atoms with E-state index in [9.17, 15) is 9.59 Å². The molecule has 8 heteroatoms. The third kappa shape index (κ3) is 3.24. The smallest absolute Gasteiger partial charge is 0.261 e. The number of rotatable bonds is 3. The Bertz CT molecular complexity index is 1110. The summed E-state index contributed by atoms with van der Waals surface area (Å²) in [6.07, 6.45) is 8.80. The monoisotopic (exact) mass is 391 g/mol. The minimum absolute atomic E-state index is 0.200. The van der Waals surface area contributed by atoms with E-state index in [1.54, 1.807) is 35.5 Å². The van der Waals surface area contributed by atoms with Crippen molar-refractivity contribution in [2.24, 2.45) is 0 Å². The van der Waals surface area contributed by atoms with Gasteiger partial charge in [-0.15, -0.1) is 0 Å². The lowest BCUT2D eigenvalue weighted by Crippen LogP contribution is -2.35.